The van der Waals surface area contributed by atoms with E-state index in [1.807, 2.05) is 0 Å². The highest BCUT2D eigenvalue weighted by Crippen LogP contribution is 2.18. The molecule has 33 heavy (non-hydrogen) atoms. The molecule has 2 aliphatic carbocycles. The summed E-state index contributed by atoms with van der Waals surface area (Å²) >= 11 is 6.10. The van der Waals surface area contributed by atoms with E-state index in [0.29, 0.717) is 0 Å². The van der Waals surface area contributed by atoms with E-state index in [9.17, 15) is 0 Å². The van der Waals surface area contributed by atoms with E-state index < -0.39 is 0 Å². The molecule has 2 N–H and O–H groups in total. The highest BCUT2D eigenvalue weighted by molar-refractivity contribution is 6.28. The van der Waals surface area contributed by atoms with Crippen molar-refractivity contribution in [2.24, 2.45) is 0 Å². The van der Waals surface area contributed by atoms with Gasteiger partial charge in [-0.15, -0.1) is 4.98 Å². The fraction of sp³-hybridized carbons (Fsp3) is 0.720. The second-order valence-corrected chi connectivity index (χ2v) is 9.40. The third-order valence-corrected chi connectivity index (χ3v) is 6.36. The largest absolute Gasteiger partial charge is 0.350 e. The molecule has 1 heterocycles. The van der Waals surface area contributed by atoms with Gasteiger partial charge in [0, 0.05) is 11.4 Å². The van der Waals surface area contributed by atoms with Crippen LogP contribution in [0.2, 0.25) is 5.28 Å². The lowest BCUT2D eigenvalue weighted by Crippen LogP contribution is -2.22. The first-order chi connectivity index (χ1) is 16.3. The van der Waals surface area contributed by atoms with Crippen LogP contribution in [-0.4, -0.2) is 15.0 Å². The zero-order valence-corrected chi connectivity index (χ0v) is 20.7. The van der Waals surface area contributed by atoms with Gasteiger partial charge in [0.15, 0.2) is 0 Å². The number of hydrogen-bond acceptors (Lipinski definition) is 7. The number of allylic oxidation sites excluding steroid dienone is 4. The standard InChI is InChI=1S/C25H40ClN5O2/c26-23-27-24(32-30-21-17-13-9-5-1-2-6-10-14-18-21)29-25(28-23)33-31-22-19-15-11-7-3-4-8-12-16-20-22/h17,19,30-31H,1-16,18,20H2. The van der Waals surface area contributed by atoms with Gasteiger partial charge < -0.3 is 9.68 Å². The topological polar surface area (TPSA) is 81.2 Å². The van der Waals surface area contributed by atoms with Crippen LogP contribution < -0.4 is 20.6 Å². The maximum atomic E-state index is 6.10. The fourth-order valence-corrected chi connectivity index (χ4v) is 4.40. The third-order valence-electron chi connectivity index (χ3n) is 6.20. The minimum atomic E-state index is 0.0337. The molecule has 184 valence electrons. The Kier molecular flexibility index (Phi) is 12.2. The first-order valence-electron chi connectivity index (χ1n) is 12.9. The van der Waals surface area contributed by atoms with Crippen molar-refractivity contribution in [3.63, 3.8) is 0 Å². The van der Waals surface area contributed by atoms with Crippen LogP contribution in [0, 0.1) is 0 Å². The van der Waals surface area contributed by atoms with E-state index in [2.05, 4.69) is 38.1 Å². The van der Waals surface area contributed by atoms with Gasteiger partial charge in [0.25, 0.3) is 0 Å². The van der Waals surface area contributed by atoms with Crippen molar-refractivity contribution in [3.8, 4) is 12.0 Å². The summed E-state index contributed by atoms with van der Waals surface area (Å²) in [6.07, 6.45) is 26.2. The van der Waals surface area contributed by atoms with Gasteiger partial charge >= 0.3 is 12.0 Å². The van der Waals surface area contributed by atoms with Crippen LogP contribution in [0.5, 0.6) is 12.0 Å². The Morgan fingerprint density at radius 3 is 1.39 bits per heavy atom. The zero-order chi connectivity index (χ0) is 23.0. The van der Waals surface area contributed by atoms with Gasteiger partial charge in [0.2, 0.25) is 5.28 Å². The second kappa shape index (κ2) is 15.8. The molecule has 0 aliphatic heterocycles. The molecule has 8 heteroatoms. The van der Waals surface area contributed by atoms with Gasteiger partial charge in [-0.25, -0.2) is 11.0 Å². The Morgan fingerprint density at radius 2 is 0.939 bits per heavy atom. The Labute approximate surface area is 203 Å². The average molecular weight is 478 g/mol. The molecule has 0 radical (unpaired) electrons. The minimum Gasteiger partial charge on any atom is -0.340 e. The van der Waals surface area contributed by atoms with Crippen molar-refractivity contribution in [2.45, 2.75) is 116 Å². The third kappa shape index (κ3) is 11.1. The minimum absolute atomic E-state index is 0.0337. The molecule has 0 fully saturated rings. The molecule has 2 aliphatic rings. The summed E-state index contributed by atoms with van der Waals surface area (Å²) in [4.78, 5) is 23.7. The average Bonchev–Trinajstić information content (AvgIpc) is 2.91. The Balaban J connectivity index is 1.53. The van der Waals surface area contributed by atoms with Crippen LogP contribution in [0.3, 0.4) is 0 Å². The van der Waals surface area contributed by atoms with Gasteiger partial charge in [0.05, 0.1) is 0 Å². The molecule has 0 amide bonds. The van der Waals surface area contributed by atoms with Crippen molar-refractivity contribution >= 4 is 11.6 Å². The van der Waals surface area contributed by atoms with Crippen molar-refractivity contribution in [2.75, 3.05) is 0 Å². The van der Waals surface area contributed by atoms with Crippen LogP contribution in [-0.2, 0) is 0 Å². The van der Waals surface area contributed by atoms with Crippen LogP contribution in [0.25, 0.3) is 0 Å². The monoisotopic (exact) mass is 477 g/mol. The van der Waals surface area contributed by atoms with Crippen molar-refractivity contribution in [1.82, 2.24) is 25.9 Å². The number of nitrogens with one attached hydrogen (secondary N) is 2. The number of aromatic nitrogens is 3. The van der Waals surface area contributed by atoms with Crippen molar-refractivity contribution < 1.29 is 9.68 Å². The molecule has 0 atom stereocenters. The summed E-state index contributed by atoms with van der Waals surface area (Å²) in [5, 5.41) is 0.0337. The molecule has 7 nitrogen and oxygen atoms in total. The molecule has 0 unspecified atom stereocenters. The number of hydroxylamine groups is 2. The molecule has 0 saturated heterocycles. The Hall–Kier alpha value is -2.02. The van der Waals surface area contributed by atoms with E-state index in [-0.39, 0.29) is 17.3 Å². The molecular formula is C25H40ClN5O2. The fourth-order valence-electron chi connectivity index (χ4n) is 4.26. The summed E-state index contributed by atoms with van der Waals surface area (Å²) in [6, 6.07) is 0.192. The normalized spacial score (nSPS) is 19.7. The second-order valence-electron chi connectivity index (χ2n) is 9.06. The van der Waals surface area contributed by atoms with Crippen LogP contribution >= 0.6 is 11.6 Å². The molecule has 0 aromatic carbocycles. The Morgan fingerprint density at radius 1 is 0.545 bits per heavy atom. The highest BCUT2D eigenvalue weighted by Gasteiger charge is 2.10. The molecule has 1 aromatic heterocycles. The van der Waals surface area contributed by atoms with E-state index in [4.69, 9.17) is 21.3 Å². The maximum absolute atomic E-state index is 6.10. The first-order valence-corrected chi connectivity index (χ1v) is 13.3. The van der Waals surface area contributed by atoms with Gasteiger partial charge in [-0.3, -0.25) is 0 Å². The van der Waals surface area contributed by atoms with Gasteiger partial charge in [-0.05, 0) is 63.0 Å². The molecular weight excluding hydrogens is 438 g/mol. The summed E-state index contributed by atoms with van der Waals surface area (Å²) in [5.74, 6) is 0. The molecule has 0 spiro atoms. The van der Waals surface area contributed by atoms with Gasteiger partial charge in [-0.1, -0.05) is 76.4 Å². The van der Waals surface area contributed by atoms with Crippen molar-refractivity contribution in [3.05, 3.63) is 28.8 Å². The van der Waals surface area contributed by atoms with Crippen LogP contribution in [0.15, 0.2) is 23.5 Å². The lowest BCUT2D eigenvalue weighted by molar-refractivity contribution is 0.178. The van der Waals surface area contributed by atoms with Crippen LogP contribution in [0.1, 0.15) is 116 Å². The van der Waals surface area contributed by atoms with E-state index >= 15 is 0 Å². The predicted molar refractivity (Wildman–Crippen MR) is 132 cm³/mol. The summed E-state index contributed by atoms with van der Waals surface area (Å²) in [6.45, 7) is 0. The summed E-state index contributed by atoms with van der Waals surface area (Å²) in [5.41, 5.74) is 8.19. The van der Waals surface area contributed by atoms with Crippen molar-refractivity contribution in [1.29, 1.82) is 0 Å². The molecule has 0 bridgehead atoms. The summed E-state index contributed by atoms with van der Waals surface area (Å²) in [7, 11) is 0. The predicted octanol–water partition coefficient (Wildman–Crippen LogP) is 7.11. The molecule has 0 saturated carbocycles. The smallest absolute Gasteiger partial charge is 0.340 e. The Bertz CT molecular complexity index is 698. The number of nitrogens with zero attached hydrogens (tertiary/aromatic N) is 3. The van der Waals surface area contributed by atoms with E-state index in [1.165, 1.54) is 77.0 Å². The van der Waals surface area contributed by atoms with Gasteiger partial charge in [0.1, 0.15) is 0 Å². The van der Waals surface area contributed by atoms with E-state index in [1.54, 1.807) is 0 Å². The number of hydrogen-bond donors (Lipinski definition) is 2. The number of rotatable bonds is 6. The molecule has 3 rings (SSSR count). The first kappa shape index (κ1) is 25.6. The highest BCUT2D eigenvalue weighted by atomic mass is 35.5. The lowest BCUT2D eigenvalue weighted by atomic mass is 10.1. The zero-order valence-electron chi connectivity index (χ0n) is 19.9. The quantitative estimate of drug-likeness (QED) is 0.422. The SMILES string of the molecule is Clc1nc(ONC2=CCCCCCCCCC2)nc(ONC2=CCCCCCCCCC2)n1. The molecule has 1 aromatic rings. The van der Waals surface area contributed by atoms with Gasteiger partial charge in [-0.2, -0.15) is 9.97 Å². The van der Waals surface area contributed by atoms with E-state index in [0.717, 1.165) is 49.9 Å². The lowest BCUT2D eigenvalue weighted by Gasteiger charge is -2.13. The maximum Gasteiger partial charge on any atom is 0.350 e. The van der Waals surface area contributed by atoms with Crippen LogP contribution in [0.4, 0.5) is 0 Å². The number of halogens is 1. The summed E-state index contributed by atoms with van der Waals surface area (Å²) < 4.78 is 0.